The number of methoxy groups -OCH3 is 1. The van der Waals surface area contributed by atoms with E-state index in [0.29, 0.717) is 23.0 Å². The number of carbonyl (C=O) groups is 2. The predicted octanol–water partition coefficient (Wildman–Crippen LogP) is 5.41. The molecule has 2 aromatic rings. The van der Waals surface area contributed by atoms with Crippen molar-refractivity contribution < 1.29 is 14.3 Å². The van der Waals surface area contributed by atoms with Gasteiger partial charge in [-0.1, -0.05) is 58.9 Å². The third kappa shape index (κ3) is 5.72. The molecule has 178 valence electrons. The van der Waals surface area contributed by atoms with Crippen LogP contribution in [0.5, 0.6) is 5.75 Å². The molecule has 2 amide bonds. The average molecular weight is 469 g/mol. The van der Waals surface area contributed by atoms with Crippen molar-refractivity contribution in [2.75, 3.05) is 12.9 Å². The Morgan fingerprint density at radius 1 is 1.03 bits per heavy atom. The van der Waals surface area contributed by atoms with Crippen molar-refractivity contribution in [3.05, 3.63) is 65.2 Å². The number of thioether (sulfide) groups is 1. The van der Waals surface area contributed by atoms with Gasteiger partial charge in [0.25, 0.3) is 5.91 Å². The second-order valence-corrected chi connectivity index (χ2v) is 11.2. The topological polar surface area (TPSA) is 58.6 Å². The fourth-order valence-corrected chi connectivity index (χ4v) is 5.16. The summed E-state index contributed by atoms with van der Waals surface area (Å²) in [5, 5.41) is 2.89. The van der Waals surface area contributed by atoms with Gasteiger partial charge in [-0.05, 0) is 53.6 Å². The van der Waals surface area contributed by atoms with Crippen molar-refractivity contribution in [2.24, 2.45) is 5.92 Å². The van der Waals surface area contributed by atoms with E-state index in [-0.39, 0.29) is 28.6 Å². The monoisotopic (exact) mass is 468 g/mol. The molecule has 3 unspecified atom stereocenters. The summed E-state index contributed by atoms with van der Waals surface area (Å²) < 4.78 is 5.24. The maximum absolute atomic E-state index is 13.7. The number of ether oxygens (including phenoxy) is 1. The van der Waals surface area contributed by atoms with Crippen molar-refractivity contribution in [1.82, 2.24) is 10.2 Å². The Kier molecular flexibility index (Phi) is 7.78. The van der Waals surface area contributed by atoms with Gasteiger partial charge in [0, 0.05) is 17.4 Å². The summed E-state index contributed by atoms with van der Waals surface area (Å²) in [4.78, 5) is 28.7. The molecule has 1 saturated heterocycles. The van der Waals surface area contributed by atoms with Gasteiger partial charge >= 0.3 is 0 Å². The molecule has 0 bridgehead atoms. The van der Waals surface area contributed by atoms with Gasteiger partial charge in [-0.3, -0.25) is 9.59 Å². The van der Waals surface area contributed by atoms with Gasteiger partial charge in [-0.25, -0.2) is 0 Å². The lowest BCUT2D eigenvalue weighted by molar-refractivity contribution is -0.125. The van der Waals surface area contributed by atoms with Gasteiger partial charge in [-0.15, -0.1) is 11.8 Å². The zero-order valence-corrected chi connectivity index (χ0v) is 21.5. The number of rotatable bonds is 6. The number of nitrogens with one attached hydrogen (secondary N) is 1. The zero-order chi connectivity index (χ0) is 24.3. The van der Waals surface area contributed by atoms with Crippen LogP contribution in [0.4, 0.5) is 0 Å². The Bertz CT molecular complexity index is 964. The lowest BCUT2D eigenvalue weighted by Gasteiger charge is -2.31. The fraction of sp³-hybridized carbons (Fsp3) is 0.481. The van der Waals surface area contributed by atoms with Crippen molar-refractivity contribution in [1.29, 1.82) is 0 Å². The highest BCUT2D eigenvalue weighted by molar-refractivity contribution is 7.99. The van der Waals surface area contributed by atoms with E-state index in [1.54, 1.807) is 48.0 Å². The summed E-state index contributed by atoms with van der Waals surface area (Å²) in [5.41, 5.74) is 2.86. The highest BCUT2D eigenvalue weighted by atomic mass is 32.2. The molecule has 0 aliphatic carbocycles. The minimum atomic E-state index is -0.530. The summed E-state index contributed by atoms with van der Waals surface area (Å²) in [5.74, 6) is 1.32. The number of hydrogen-bond acceptors (Lipinski definition) is 4. The van der Waals surface area contributed by atoms with E-state index < -0.39 is 6.04 Å². The Morgan fingerprint density at radius 3 is 2.15 bits per heavy atom. The minimum absolute atomic E-state index is 0.0329. The molecule has 1 heterocycles. The molecule has 0 saturated carbocycles. The largest absolute Gasteiger partial charge is 0.497 e. The summed E-state index contributed by atoms with van der Waals surface area (Å²) in [6.45, 7) is 12.7. The first-order chi connectivity index (χ1) is 15.5. The van der Waals surface area contributed by atoms with Gasteiger partial charge in [0.15, 0.2) is 0 Å². The average Bonchev–Trinajstić information content (AvgIpc) is 3.23. The molecule has 0 radical (unpaired) electrons. The second kappa shape index (κ2) is 10.2. The predicted molar refractivity (Wildman–Crippen MR) is 136 cm³/mol. The van der Waals surface area contributed by atoms with Crippen LogP contribution in [0.2, 0.25) is 0 Å². The van der Waals surface area contributed by atoms with Crippen LogP contribution in [0.15, 0.2) is 48.5 Å². The lowest BCUT2D eigenvalue weighted by Crippen LogP contribution is -2.50. The Morgan fingerprint density at radius 2 is 1.64 bits per heavy atom. The van der Waals surface area contributed by atoms with Crippen molar-refractivity contribution in [2.45, 2.75) is 64.4 Å². The molecule has 1 aliphatic heterocycles. The molecule has 6 heteroatoms. The summed E-state index contributed by atoms with van der Waals surface area (Å²) in [7, 11) is 1.60. The quantitative estimate of drug-likeness (QED) is 0.616. The van der Waals surface area contributed by atoms with Crippen LogP contribution in [0.3, 0.4) is 0 Å². The standard InChI is InChI=1S/C27H36N2O3S/c1-17(2)18(3)28-24(30)23-16-33-26(20-8-12-21(13-9-20)27(4,5)6)29(23)25(31)19-10-14-22(32-7)15-11-19/h8-15,17-18,23,26H,16H2,1-7H3,(H,28,30). The van der Waals surface area contributed by atoms with Crippen LogP contribution in [0.25, 0.3) is 0 Å². The van der Waals surface area contributed by atoms with E-state index in [9.17, 15) is 9.59 Å². The van der Waals surface area contributed by atoms with E-state index in [1.807, 2.05) is 6.92 Å². The molecular weight excluding hydrogens is 432 g/mol. The van der Waals surface area contributed by atoms with Crippen LogP contribution < -0.4 is 10.1 Å². The lowest BCUT2D eigenvalue weighted by atomic mass is 9.86. The molecule has 1 aliphatic rings. The van der Waals surface area contributed by atoms with Crippen molar-refractivity contribution in [3.63, 3.8) is 0 Å². The third-order valence-corrected chi connectivity index (χ3v) is 7.63. The van der Waals surface area contributed by atoms with Gasteiger partial charge in [0.2, 0.25) is 5.91 Å². The van der Waals surface area contributed by atoms with Gasteiger partial charge in [0.05, 0.1) is 7.11 Å². The molecule has 5 nitrogen and oxygen atoms in total. The van der Waals surface area contributed by atoms with E-state index in [2.05, 4.69) is 64.2 Å². The maximum atomic E-state index is 13.7. The molecule has 2 aromatic carbocycles. The normalized spacial score (nSPS) is 19.5. The number of amides is 2. The highest BCUT2D eigenvalue weighted by Crippen LogP contribution is 2.43. The van der Waals surface area contributed by atoms with Gasteiger partial charge in [0.1, 0.15) is 17.2 Å². The zero-order valence-electron chi connectivity index (χ0n) is 20.7. The van der Waals surface area contributed by atoms with Gasteiger partial charge in [-0.2, -0.15) is 0 Å². The smallest absolute Gasteiger partial charge is 0.255 e. The van der Waals surface area contributed by atoms with E-state index in [4.69, 9.17) is 4.74 Å². The minimum Gasteiger partial charge on any atom is -0.497 e. The number of carbonyl (C=O) groups excluding carboxylic acids is 2. The second-order valence-electron chi connectivity index (χ2n) is 10.1. The molecule has 0 aromatic heterocycles. The molecule has 1 N–H and O–H groups in total. The molecule has 1 fully saturated rings. The Labute approximate surface area is 202 Å². The van der Waals surface area contributed by atoms with E-state index in [1.165, 1.54) is 5.56 Å². The first kappa shape index (κ1) is 25.2. The Hall–Kier alpha value is -2.47. The van der Waals surface area contributed by atoms with Crippen LogP contribution in [-0.2, 0) is 10.2 Å². The van der Waals surface area contributed by atoms with Gasteiger partial charge < -0.3 is 15.0 Å². The molecular formula is C27H36N2O3S. The maximum Gasteiger partial charge on any atom is 0.255 e. The SMILES string of the molecule is COc1ccc(C(=O)N2C(C(=O)NC(C)C(C)C)CSC2c2ccc(C(C)(C)C)cc2)cc1. The van der Waals surface area contributed by atoms with E-state index >= 15 is 0 Å². The molecule has 0 spiro atoms. The first-order valence-electron chi connectivity index (χ1n) is 11.5. The summed E-state index contributed by atoms with van der Waals surface area (Å²) in [6.07, 6.45) is 0. The fourth-order valence-electron chi connectivity index (χ4n) is 3.73. The van der Waals surface area contributed by atoms with Crippen molar-refractivity contribution in [3.8, 4) is 5.75 Å². The molecule has 3 atom stereocenters. The van der Waals surface area contributed by atoms with Crippen LogP contribution in [-0.4, -0.2) is 41.7 Å². The van der Waals surface area contributed by atoms with Crippen LogP contribution >= 0.6 is 11.8 Å². The number of nitrogens with zero attached hydrogens (tertiary/aromatic N) is 1. The van der Waals surface area contributed by atoms with Crippen molar-refractivity contribution >= 4 is 23.6 Å². The summed E-state index contributed by atoms with van der Waals surface area (Å²) >= 11 is 1.64. The number of hydrogen-bond donors (Lipinski definition) is 1. The first-order valence-corrected chi connectivity index (χ1v) is 12.6. The van der Waals surface area contributed by atoms with Crippen LogP contribution in [0.1, 0.15) is 68.4 Å². The number of benzene rings is 2. The molecule has 33 heavy (non-hydrogen) atoms. The third-order valence-electron chi connectivity index (χ3n) is 6.31. The summed E-state index contributed by atoms with van der Waals surface area (Å²) in [6, 6.07) is 15.0. The Balaban J connectivity index is 1.94. The molecule has 3 rings (SSSR count). The van der Waals surface area contributed by atoms with Crippen LogP contribution in [0, 0.1) is 5.92 Å². The van der Waals surface area contributed by atoms with E-state index in [0.717, 1.165) is 5.56 Å². The highest BCUT2D eigenvalue weighted by Gasteiger charge is 2.43.